The smallest absolute Gasteiger partial charge is 0.269 e. The number of nitro benzene ring substituents is 1. The number of thioether (sulfide) groups is 1. The topological polar surface area (TPSA) is 103 Å². The molecule has 148 valence electrons. The van der Waals surface area contributed by atoms with E-state index in [1.807, 2.05) is 24.3 Å². The highest BCUT2D eigenvalue weighted by atomic mass is 32.2. The van der Waals surface area contributed by atoms with Crippen molar-refractivity contribution < 1.29 is 9.66 Å². The van der Waals surface area contributed by atoms with Crippen LogP contribution in [0.2, 0.25) is 0 Å². The van der Waals surface area contributed by atoms with Crippen molar-refractivity contribution in [3.63, 3.8) is 0 Å². The molecule has 1 atom stereocenters. The first-order chi connectivity index (χ1) is 14.2. The molecule has 0 saturated carbocycles. The van der Waals surface area contributed by atoms with Crippen LogP contribution in [-0.2, 0) is 0 Å². The molecule has 0 unspecified atom stereocenters. The molecule has 1 aliphatic rings. The van der Waals surface area contributed by atoms with Gasteiger partial charge in [0.15, 0.2) is 11.9 Å². The number of ether oxygens (including phenoxy) is 1. The number of unbranched alkanes of at least 4 members (excludes halogenated alkanes) is 1. The number of aromatic nitrogens is 3. The molecular formula is C20H19N5O3S. The zero-order valence-electron chi connectivity index (χ0n) is 15.7. The van der Waals surface area contributed by atoms with E-state index in [0.717, 1.165) is 29.8 Å². The number of nitrogens with one attached hydrogen (secondary N) is 1. The quantitative estimate of drug-likeness (QED) is 0.267. The van der Waals surface area contributed by atoms with E-state index in [2.05, 4.69) is 27.4 Å². The van der Waals surface area contributed by atoms with Crippen molar-refractivity contribution in [1.29, 1.82) is 0 Å². The molecule has 0 fully saturated rings. The summed E-state index contributed by atoms with van der Waals surface area (Å²) >= 11 is 1.53. The van der Waals surface area contributed by atoms with Crippen molar-refractivity contribution in [3.05, 3.63) is 64.2 Å². The zero-order chi connectivity index (χ0) is 20.2. The predicted molar refractivity (Wildman–Crippen MR) is 111 cm³/mol. The van der Waals surface area contributed by atoms with E-state index in [4.69, 9.17) is 4.74 Å². The van der Waals surface area contributed by atoms with E-state index >= 15 is 0 Å². The first kappa shape index (κ1) is 19.1. The number of benzene rings is 2. The van der Waals surface area contributed by atoms with Crippen LogP contribution in [0.25, 0.3) is 11.3 Å². The molecule has 0 saturated heterocycles. The Morgan fingerprint density at radius 3 is 2.90 bits per heavy atom. The fourth-order valence-electron chi connectivity index (χ4n) is 2.97. The molecule has 9 heteroatoms. The normalized spacial score (nSPS) is 14.7. The fourth-order valence-corrected chi connectivity index (χ4v) is 3.83. The lowest BCUT2D eigenvalue weighted by atomic mass is 10.1. The SMILES string of the molecule is CCCCSc1nnc2c(n1)O[C@@H](c1cccc([N+](=O)[O-])c1)Nc1ccccc1-2. The first-order valence-electron chi connectivity index (χ1n) is 9.30. The maximum atomic E-state index is 11.2. The summed E-state index contributed by atoms with van der Waals surface area (Å²) in [6, 6.07) is 14.0. The predicted octanol–water partition coefficient (Wildman–Crippen LogP) is 4.84. The molecule has 0 amide bonds. The van der Waals surface area contributed by atoms with Crippen LogP contribution in [0.15, 0.2) is 53.7 Å². The van der Waals surface area contributed by atoms with Crippen molar-refractivity contribution in [2.24, 2.45) is 0 Å². The monoisotopic (exact) mass is 409 g/mol. The number of non-ortho nitro benzene ring substituents is 1. The van der Waals surface area contributed by atoms with E-state index in [1.165, 1.54) is 23.9 Å². The molecule has 0 radical (unpaired) electrons. The van der Waals surface area contributed by atoms with Gasteiger partial charge in [-0.05, 0) is 12.5 Å². The average Bonchev–Trinajstić information content (AvgIpc) is 2.90. The maximum absolute atomic E-state index is 11.2. The average molecular weight is 409 g/mol. The van der Waals surface area contributed by atoms with Gasteiger partial charge in [-0.2, -0.15) is 4.98 Å². The Bertz CT molecular complexity index is 1050. The van der Waals surface area contributed by atoms with E-state index in [-0.39, 0.29) is 5.69 Å². The third-order valence-electron chi connectivity index (χ3n) is 4.45. The summed E-state index contributed by atoms with van der Waals surface area (Å²) in [5.74, 6) is 1.26. The summed E-state index contributed by atoms with van der Waals surface area (Å²) in [5.41, 5.74) is 2.79. The summed E-state index contributed by atoms with van der Waals surface area (Å²) in [5, 5.41) is 23.6. The fraction of sp³-hybridized carbons (Fsp3) is 0.250. The Balaban J connectivity index is 1.74. The Labute approximate surface area is 171 Å². The molecule has 2 aromatic carbocycles. The second-order valence-electron chi connectivity index (χ2n) is 6.49. The summed E-state index contributed by atoms with van der Waals surface area (Å²) in [7, 11) is 0. The van der Waals surface area contributed by atoms with Gasteiger partial charge in [0, 0.05) is 34.7 Å². The van der Waals surface area contributed by atoms with Gasteiger partial charge in [0.05, 0.1) is 4.92 Å². The van der Waals surface area contributed by atoms with E-state index in [0.29, 0.717) is 22.3 Å². The van der Waals surface area contributed by atoms with Crippen LogP contribution < -0.4 is 10.1 Å². The van der Waals surface area contributed by atoms with Crippen molar-refractivity contribution in [2.45, 2.75) is 31.1 Å². The summed E-state index contributed by atoms with van der Waals surface area (Å²) in [6.45, 7) is 2.13. The van der Waals surface area contributed by atoms with Gasteiger partial charge in [0.1, 0.15) is 0 Å². The van der Waals surface area contributed by atoms with Crippen LogP contribution >= 0.6 is 11.8 Å². The third-order valence-corrected chi connectivity index (χ3v) is 5.37. The molecule has 0 bridgehead atoms. The van der Waals surface area contributed by atoms with E-state index < -0.39 is 11.2 Å². The molecular weight excluding hydrogens is 390 g/mol. The minimum atomic E-state index is -0.650. The first-order valence-corrected chi connectivity index (χ1v) is 10.3. The molecule has 0 spiro atoms. The van der Waals surface area contributed by atoms with E-state index in [9.17, 15) is 10.1 Å². The van der Waals surface area contributed by atoms with Gasteiger partial charge in [-0.3, -0.25) is 10.1 Å². The number of nitrogens with zero attached hydrogens (tertiary/aromatic N) is 4. The van der Waals surface area contributed by atoms with Crippen LogP contribution in [-0.4, -0.2) is 25.9 Å². The second-order valence-corrected chi connectivity index (χ2v) is 7.55. The molecule has 3 aromatic rings. The van der Waals surface area contributed by atoms with Crippen molar-refractivity contribution >= 4 is 23.1 Å². The van der Waals surface area contributed by atoms with Gasteiger partial charge in [-0.15, -0.1) is 10.2 Å². The van der Waals surface area contributed by atoms with Crippen LogP contribution in [0.3, 0.4) is 0 Å². The van der Waals surface area contributed by atoms with Gasteiger partial charge in [0.2, 0.25) is 11.0 Å². The largest absolute Gasteiger partial charge is 0.448 e. The van der Waals surface area contributed by atoms with Gasteiger partial charge in [-0.1, -0.05) is 55.4 Å². The van der Waals surface area contributed by atoms with Crippen molar-refractivity contribution in [3.8, 4) is 17.1 Å². The van der Waals surface area contributed by atoms with Gasteiger partial charge in [0.25, 0.3) is 5.69 Å². The van der Waals surface area contributed by atoms with E-state index in [1.54, 1.807) is 12.1 Å². The molecule has 1 aliphatic heterocycles. The highest BCUT2D eigenvalue weighted by Crippen LogP contribution is 2.39. The Morgan fingerprint density at radius 1 is 1.21 bits per heavy atom. The lowest BCUT2D eigenvalue weighted by Crippen LogP contribution is -2.17. The highest BCUT2D eigenvalue weighted by Gasteiger charge is 2.26. The number of para-hydroxylation sites is 1. The lowest BCUT2D eigenvalue weighted by molar-refractivity contribution is -0.385. The minimum Gasteiger partial charge on any atom is -0.448 e. The molecule has 2 heterocycles. The number of hydrogen-bond donors (Lipinski definition) is 1. The Kier molecular flexibility index (Phi) is 5.57. The van der Waals surface area contributed by atoms with Crippen molar-refractivity contribution in [2.75, 3.05) is 11.1 Å². The minimum absolute atomic E-state index is 0.00211. The molecule has 1 aromatic heterocycles. The summed E-state index contributed by atoms with van der Waals surface area (Å²) in [4.78, 5) is 15.3. The van der Waals surface area contributed by atoms with Crippen molar-refractivity contribution in [1.82, 2.24) is 15.2 Å². The number of rotatable bonds is 6. The van der Waals surface area contributed by atoms with Crippen LogP contribution in [0.5, 0.6) is 5.88 Å². The third kappa shape index (κ3) is 4.14. The van der Waals surface area contributed by atoms with Crippen LogP contribution in [0.4, 0.5) is 11.4 Å². The Morgan fingerprint density at radius 2 is 2.07 bits per heavy atom. The molecule has 4 rings (SSSR count). The molecule has 29 heavy (non-hydrogen) atoms. The molecule has 8 nitrogen and oxygen atoms in total. The highest BCUT2D eigenvalue weighted by molar-refractivity contribution is 7.99. The number of anilines is 1. The number of hydrogen-bond acceptors (Lipinski definition) is 8. The maximum Gasteiger partial charge on any atom is 0.269 e. The van der Waals surface area contributed by atoms with Gasteiger partial charge in [-0.25, -0.2) is 0 Å². The van der Waals surface area contributed by atoms with Crippen LogP contribution in [0, 0.1) is 10.1 Å². The number of nitro groups is 1. The standard InChI is InChI=1S/C20H19N5O3S/c1-2-3-11-29-20-22-19-17(23-24-20)15-9-4-5-10-16(15)21-18(28-19)13-7-6-8-14(12-13)25(26)27/h4-10,12,18,21H,2-3,11H2,1H3/t18-/m0/s1. The van der Waals surface area contributed by atoms with Gasteiger partial charge >= 0.3 is 0 Å². The summed E-state index contributed by atoms with van der Waals surface area (Å²) in [6.07, 6.45) is 1.50. The molecule has 1 N–H and O–H groups in total. The summed E-state index contributed by atoms with van der Waals surface area (Å²) < 4.78 is 6.15. The lowest BCUT2D eigenvalue weighted by Gasteiger charge is -2.19. The number of fused-ring (bicyclic) bond motifs is 3. The van der Waals surface area contributed by atoms with Crippen LogP contribution in [0.1, 0.15) is 31.6 Å². The zero-order valence-corrected chi connectivity index (χ0v) is 16.6. The second kappa shape index (κ2) is 8.44. The Hall–Kier alpha value is -3.20. The molecule has 0 aliphatic carbocycles. The van der Waals surface area contributed by atoms with Gasteiger partial charge < -0.3 is 10.1 Å².